The Morgan fingerprint density at radius 2 is 1.83 bits per heavy atom. The van der Waals surface area contributed by atoms with E-state index < -0.39 is 9.58 Å². The summed E-state index contributed by atoms with van der Waals surface area (Å²) in [4.78, 5) is 15.5. The molecule has 0 aliphatic heterocycles. The minimum Gasteiger partial charge on any atom is -0.347 e. The molecule has 3 nitrogen and oxygen atoms in total. The number of H-pyrrole nitrogens is 1. The second kappa shape index (κ2) is 6.70. The third-order valence-electron chi connectivity index (χ3n) is 3.46. The fourth-order valence-electron chi connectivity index (χ4n) is 2.26. The van der Waals surface area contributed by atoms with Crippen molar-refractivity contribution in [3.8, 4) is 21.8 Å². The van der Waals surface area contributed by atoms with Crippen LogP contribution in [0, 0.1) is 0 Å². The number of benzene rings is 1. The topological polar surface area (TPSA) is 36.1 Å². The van der Waals surface area contributed by atoms with E-state index in [-0.39, 0.29) is 0 Å². The van der Waals surface area contributed by atoms with Gasteiger partial charge in [0.25, 0.3) is 8.80 Å². The molecule has 3 rings (SSSR count). The number of hydrogen-bond donors (Lipinski definition) is 0. The van der Waals surface area contributed by atoms with Crippen molar-refractivity contribution in [1.82, 2.24) is 4.57 Å². The van der Waals surface area contributed by atoms with E-state index in [2.05, 4.69) is 4.98 Å². The fraction of sp³-hybridized carbons (Fsp3) is 0.125. The van der Waals surface area contributed by atoms with Crippen LogP contribution in [0.5, 0.6) is 0 Å². The highest BCUT2D eigenvalue weighted by Crippen LogP contribution is 2.33. The number of aryl methyl sites for hydroxylation is 1. The van der Waals surface area contributed by atoms with Crippen LogP contribution in [-0.4, -0.2) is 14.1 Å². The van der Waals surface area contributed by atoms with Crippen LogP contribution in [0.1, 0.15) is 10.5 Å². The summed E-state index contributed by atoms with van der Waals surface area (Å²) in [6.45, 7) is 0. The van der Waals surface area contributed by atoms with E-state index in [1.807, 2.05) is 35.8 Å². The first kappa shape index (κ1) is 17.8. The number of carbonyl (C=O) groups is 1. The Labute approximate surface area is 162 Å². The molecule has 0 amide bonds. The highest BCUT2D eigenvalue weighted by molar-refractivity contribution is 7.12. The molecule has 1 aromatic carbocycles. The van der Waals surface area contributed by atoms with Crippen LogP contribution in [0.15, 0.2) is 41.9 Å². The molecule has 0 spiro atoms. The first-order chi connectivity index (χ1) is 11.3. The van der Waals surface area contributed by atoms with Crippen molar-refractivity contribution in [2.75, 3.05) is 0 Å². The minimum atomic E-state index is -1.98. The Hall–Kier alpha value is -1.04. The third-order valence-corrected chi connectivity index (χ3v) is 5.15. The predicted octanol–water partition coefficient (Wildman–Crippen LogP) is 5.44. The van der Waals surface area contributed by atoms with Gasteiger partial charge in [-0.05, 0) is 30.3 Å². The zero-order chi connectivity index (χ0) is 17.5. The zero-order valence-electron chi connectivity index (χ0n) is 12.3. The number of alkyl halides is 3. The van der Waals surface area contributed by atoms with Gasteiger partial charge in [0.05, 0.1) is 22.2 Å². The first-order valence-electron chi connectivity index (χ1n) is 6.80. The summed E-state index contributed by atoms with van der Waals surface area (Å²) >= 11 is 24.6. The van der Waals surface area contributed by atoms with Crippen molar-refractivity contribution < 1.29 is 9.78 Å². The van der Waals surface area contributed by atoms with Crippen LogP contribution in [0.4, 0.5) is 0 Å². The molecule has 2 heterocycles. The summed E-state index contributed by atoms with van der Waals surface area (Å²) in [6, 6.07) is 9.26. The minimum absolute atomic E-state index is 0.331. The Kier molecular flexibility index (Phi) is 4.96. The lowest BCUT2D eigenvalue weighted by Crippen LogP contribution is -2.21. The zero-order valence-corrected chi connectivity index (χ0v) is 16.2. The Balaban J connectivity index is 1.94. The number of nitrogens with one attached hydrogen (secondary N) is 1. The van der Waals surface area contributed by atoms with Gasteiger partial charge in [0.1, 0.15) is 0 Å². The number of hydrogen-bond acceptors (Lipinski definition) is 2. The lowest BCUT2D eigenvalue weighted by molar-refractivity contribution is -0.344. The second-order valence-electron chi connectivity index (χ2n) is 5.16. The normalized spacial score (nSPS) is 11.7. The molecule has 0 fully saturated rings. The van der Waals surface area contributed by atoms with Crippen LogP contribution in [-0.2, 0) is 7.05 Å². The van der Waals surface area contributed by atoms with Crippen molar-refractivity contribution in [3.05, 3.63) is 52.6 Å². The van der Waals surface area contributed by atoms with Gasteiger partial charge in [0.2, 0.25) is 11.5 Å². The lowest BCUT2D eigenvalue weighted by atomic mass is 10.2. The number of thiazole rings is 1. The Morgan fingerprint density at radius 1 is 1.17 bits per heavy atom. The monoisotopic (exact) mass is 419 g/mol. The van der Waals surface area contributed by atoms with Crippen molar-refractivity contribution in [2.45, 2.75) is 3.79 Å². The fourth-order valence-corrected chi connectivity index (χ4v) is 3.55. The molecule has 0 aliphatic carbocycles. The van der Waals surface area contributed by atoms with E-state index in [4.69, 9.17) is 46.4 Å². The number of Topliss-reactive ketones (excluding diaryl/α,β-unsaturated/α-hetero) is 1. The molecule has 3 aromatic rings. The molecule has 0 bridgehead atoms. The number of ketones is 1. The van der Waals surface area contributed by atoms with Crippen LogP contribution in [0.25, 0.3) is 21.8 Å². The van der Waals surface area contributed by atoms with Crippen LogP contribution >= 0.6 is 57.7 Å². The molecule has 0 unspecified atom stereocenters. The second-order valence-corrected chi connectivity index (χ2v) is 8.76. The molecule has 1 N–H and O–H groups in total. The summed E-state index contributed by atoms with van der Waals surface area (Å²) in [5.74, 6) is -0.561. The molecule has 0 saturated heterocycles. The number of aromatic amines is 1. The standard InChI is InChI=1S/C16H10Cl4N2OS/c1-22-7-10(6-13(22)14(23)16(18,19)20)12-8-24-15(21-12)9-2-4-11(17)5-3-9/h2-8H,1H3/p+1. The molecule has 0 saturated carbocycles. The number of carbonyl (C=O) groups excluding carboxylic acids is 1. The maximum Gasteiger partial charge on any atom is 0.267 e. The van der Waals surface area contributed by atoms with Gasteiger partial charge in [-0.2, -0.15) is 4.98 Å². The quantitative estimate of drug-likeness (QED) is 0.410. The van der Waals surface area contributed by atoms with Crippen molar-refractivity contribution >= 4 is 63.5 Å². The lowest BCUT2D eigenvalue weighted by Gasteiger charge is -2.09. The summed E-state index contributed by atoms with van der Waals surface area (Å²) in [6.07, 6.45) is 1.81. The summed E-state index contributed by atoms with van der Waals surface area (Å²) in [5, 5.41) is 3.65. The van der Waals surface area contributed by atoms with Gasteiger partial charge in [-0.15, -0.1) is 0 Å². The third kappa shape index (κ3) is 3.63. The highest BCUT2D eigenvalue weighted by Gasteiger charge is 2.34. The molecule has 0 radical (unpaired) electrons. The van der Waals surface area contributed by atoms with E-state index in [1.165, 1.54) is 0 Å². The molecule has 24 heavy (non-hydrogen) atoms. The Bertz CT molecular complexity index is 894. The number of nitrogens with zero attached hydrogens (tertiary/aromatic N) is 1. The average molecular weight is 421 g/mol. The van der Waals surface area contributed by atoms with Gasteiger partial charge >= 0.3 is 0 Å². The van der Waals surface area contributed by atoms with E-state index in [9.17, 15) is 4.79 Å². The molecular formula is C16H11Cl4N2OS+. The molecular weight excluding hydrogens is 410 g/mol. The van der Waals surface area contributed by atoms with Gasteiger partial charge < -0.3 is 4.57 Å². The van der Waals surface area contributed by atoms with Gasteiger partial charge in [0, 0.05) is 18.3 Å². The van der Waals surface area contributed by atoms with Crippen LogP contribution in [0.2, 0.25) is 5.02 Å². The Morgan fingerprint density at radius 3 is 2.46 bits per heavy atom. The van der Waals surface area contributed by atoms with Gasteiger partial charge in [0.15, 0.2) is 0 Å². The average Bonchev–Trinajstić information content (AvgIpc) is 3.13. The highest BCUT2D eigenvalue weighted by atomic mass is 35.6. The van der Waals surface area contributed by atoms with Crippen molar-refractivity contribution in [2.24, 2.45) is 7.05 Å². The molecule has 0 aliphatic rings. The van der Waals surface area contributed by atoms with Crippen molar-refractivity contribution in [3.63, 3.8) is 0 Å². The maximum absolute atomic E-state index is 12.2. The van der Waals surface area contributed by atoms with Gasteiger partial charge in [-0.3, -0.25) is 4.79 Å². The SMILES string of the molecule is Cn1cc(-c2csc(-c3ccc(Cl)cc3)[nH+]2)cc1C(=O)C(Cl)(Cl)Cl. The van der Waals surface area contributed by atoms with Gasteiger partial charge in [-0.1, -0.05) is 57.7 Å². The summed E-state index contributed by atoms with van der Waals surface area (Å²) in [5.41, 5.74) is 3.08. The summed E-state index contributed by atoms with van der Waals surface area (Å²) in [7, 11) is 1.74. The molecule has 124 valence electrons. The maximum atomic E-state index is 12.2. The molecule has 8 heteroatoms. The molecule has 2 aromatic heterocycles. The van der Waals surface area contributed by atoms with E-state index in [1.54, 1.807) is 29.0 Å². The smallest absolute Gasteiger partial charge is 0.267 e. The van der Waals surface area contributed by atoms with Crippen LogP contribution < -0.4 is 4.98 Å². The molecule has 0 atom stereocenters. The first-order valence-corrected chi connectivity index (χ1v) is 9.20. The van der Waals surface area contributed by atoms with Crippen molar-refractivity contribution in [1.29, 1.82) is 0 Å². The summed E-state index contributed by atoms with van der Waals surface area (Å²) < 4.78 is -0.330. The number of halogens is 4. The largest absolute Gasteiger partial charge is 0.347 e. The number of rotatable bonds is 3. The van der Waals surface area contributed by atoms with E-state index in [0.29, 0.717) is 10.7 Å². The van der Waals surface area contributed by atoms with E-state index >= 15 is 0 Å². The van der Waals surface area contributed by atoms with Gasteiger partial charge in [-0.25, -0.2) is 0 Å². The predicted molar refractivity (Wildman–Crippen MR) is 100 cm³/mol. The van der Waals surface area contributed by atoms with E-state index in [0.717, 1.165) is 21.8 Å². The number of aromatic nitrogens is 2. The van der Waals surface area contributed by atoms with Crippen LogP contribution in [0.3, 0.4) is 0 Å².